The number of benzene rings is 1. The zero-order valence-electron chi connectivity index (χ0n) is 23.9. The molecule has 2 aromatic heterocycles. The van der Waals surface area contributed by atoms with Crippen molar-refractivity contribution in [3.05, 3.63) is 40.2 Å². The van der Waals surface area contributed by atoms with Crippen LogP contribution in [0.15, 0.2) is 22.7 Å². The van der Waals surface area contributed by atoms with Crippen molar-refractivity contribution in [3.8, 4) is 28.4 Å². The number of halogens is 1. The molecule has 0 spiro atoms. The van der Waals surface area contributed by atoms with Crippen LogP contribution in [-0.2, 0) is 4.74 Å². The van der Waals surface area contributed by atoms with Crippen molar-refractivity contribution in [1.82, 2.24) is 25.3 Å². The minimum Gasteiger partial charge on any atom is -0.491 e. The molecule has 1 unspecified atom stereocenters. The van der Waals surface area contributed by atoms with Gasteiger partial charge in [-0.05, 0) is 65.8 Å². The molecule has 1 saturated heterocycles. The number of hydrogen-bond acceptors (Lipinski definition) is 11. The third-order valence-corrected chi connectivity index (χ3v) is 7.57. The maximum absolute atomic E-state index is 10.2. The number of aromatic nitrogens is 3. The maximum Gasteiger partial charge on any atom is 0.216 e. The predicted molar refractivity (Wildman–Crippen MR) is 153 cm³/mol. The van der Waals surface area contributed by atoms with Crippen LogP contribution in [0.2, 0.25) is 5.02 Å². The van der Waals surface area contributed by atoms with Gasteiger partial charge in [0.05, 0.1) is 22.0 Å². The standard InChI is InChI=1S/C28H39ClN6O5/c1-15-11-19(9-10-35(15)28(37)38-6)31-26-16(2)25(24-17(3)34-40-18(24)4)32-27(33-26)22-12-21(7-8-23(22)29)39-14-20(36)13-30-5/h7-8,12,15,19-20,28,30,36-37H,9-11,13-14H2,1-6H3,(H,31,32,33)/t15-,19-,20+,28?/m0/s1. The molecular formula is C28H39ClN6O5. The summed E-state index contributed by atoms with van der Waals surface area (Å²) >= 11 is 6.66. The number of methoxy groups -OCH3 is 1. The Labute approximate surface area is 239 Å². The number of aliphatic hydroxyl groups is 2. The van der Waals surface area contributed by atoms with E-state index in [9.17, 15) is 10.2 Å². The fourth-order valence-electron chi connectivity index (χ4n) is 5.07. The lowest BCUT2D eigenvalue weighted by Gasteiger charge is -2.39. The smallest absolute Gasteiger partial charge is 0.216 e. The van der Waals surface area contributed by atoms with Crippen molar-refractivity contribution in [2.24, 2.45) is 0 Å². The number of anilines is 1. The van der Waals surface area contributed by atoms with E-state index in [0.29, 0.717) is 52.5 Å². The van der Waals surface area contributed by atoms with E-state index in [1.54, 1.807) is 25.2 Å². The molecule has 4 N–H and O–H groups in total. The van der Waals surface area contributed by atoms with Crippen molar-refractivity contribution < 1.29 is 24.2 Å². The Morgan fingerprint density at radius 1 is 1.23 bits per heavy atom. The van der Waals surface area contributed by atoms with Gasteiger partial charge in [0.1, 0.15) is 30.0 Å². The highest BCUT2D eigenvalue weighted by Crippen LogP contribution is 2.36. The Balaban J connectivity index is 1.71. The van der Waals surface area contributed by atoms with E-state index in [-0.39, 0.29) is 18.7 Å². The normalized spacial score (nSPS) is 19.4. The highest BCUT2D eigenvalue weighted by atomic mass is 35.5. The number of nitrogens with one attached hydrogen (secondary N) is 2. The number of ether oxygens (including phenoxy) is 2. The summed E-state index contributed by atoms with van der Waals surface area (Å²) in [6, 6.07) is 5.50. The van der Waals surface area contributed by atoms with Gasteiger partial charge in [-0.25, -0.2) is 9.97 Å². The first-order valence-electron chi connectivity index (χ1n) is 13.4. The molecule has 4 rings (SSSR count). The van der Waals surface area contributed by atoms with E-state index in [4.69, 9.17) is 35.6 Å². The summed E-state index contributed by atoms with van der Waals surface area (Å²) in [4.78, 5) is 11.8. The van der Waals surface area contributed by atoms with Crippen molar-refractivity contribution in [2.75, 3.05) is 39.2 Å². The predicted octanol–water partition coefficient (Wildman–Crippen LogP) is 3.52. The average Bonchev–Trinajstić information content (AvgIpc) is 3.26. The number of likely N-dealkylation sites (N-methyl/N-ethyl adjacent to an activating group) is 1. The minimum atomic E-state index is -0.925. The van der Waals surface area contributed by atoms with Crippen LogP contribution in [0.1, 0.15) is 36.8 Å². The molecule has 0 saturated carbocycles. The fourth-order valence-corrected chi connectivity index (χ4v) is 5.27. The van der Waals surface area contributed by atoms with Crippen LogP contribution in [0.25, 0.3) is 22.6 Å². The summed E-state index contributed by atoms with van der Waals surface area (Å²) in [7, 11) is 3.27. The Morgan fingerprint density at radius 3 is 2.65 bits per heavy atom. The number of rotatable bonds is 11. The maximum atomic E-state index is 10.2. The number of aryl methyl sites for hydroxylation is 2. The van der Waals surface area contributed by atoms with Gasteiger partial charge in [0, 0.05) is 43.4 Å². The zero-order valence-corrected chi connectivity index (χ0v) is 24.6. The van der Waals surface area contributed by atoms with Crippen molar-refractivity contribution in [2.45, 2.75) is 65.1 Å². The van der Waals surface area contributed by atoms with Gasteiger partial charge < -0.3 is 34.8 Å². The van der Waals surface area contributed by atoms with E-state index in [1.807, 2.05) is 25.7 Å². The number of aliphatic hydroxyl groups excluding tert-OH is 2. The second kappa shape index (κ2) is 13.2. The first-order valence-corrected chi connectivity index (χ1v) is 13.8. The molecule has 12 heteroatoms. The van der Waals surface area contributed by atoms with Gasteiger partial charge in [-0.1, -0.05) is 16.8 Å². The van der Waals surface area contributed by atoms with Crippen LogP contribution in [0.5, 0.6) is 5.75 Å². The fraction of sp³-hybridized carbons (Fsp3) is 0.536. The van der Waals surface area contributed by atoms with E-state index < -0.39 is 12.5 Å². The Morgan fingerprint density at radius 2 is 2.00 bits per heavy atom. The monoisotopic (exact) mass is 574 g/mol. The first-order chi connectivity index (χ1) is 19.1. The van der Waals surface area contributed by atoms with Crippen molar-refractivity contribution >= 4 is 17.4 Å². The molecule has 3 aromatic rings. The van der Waals surface area contributed by atoms with Crippen LogP contribution < -0.4 is 15.4 Å². The summed E-state index contributed by atoms with van der Waals surface area (Å²) in [5.41, 5.74) is 3.71. The van der Waals surface area contributed by atoms with Gasteiger partial charge in [0.2, 0.25) is 6.41 Å². The minimum absolute atomic E-state index is 0.103. The lowest BCUT2D eigenvalue weighted by Crippen LogP contribution is -2.50. The summed E-state index contributed by atoms with van der Waals surface area (Å²) in [5, 5.41) is 31.4. The third-order valence-electron chi connectivity index (χ3n) is 7.24. The second-order valence-corrected chi connectivity index (χ2v) is 10.7. The van der Waals surface area contributed by atoms with Crippen LogP contribution in [0.3, 0.4) is 0 Å². The van der Waals surface area contributed by atoms with Gasteiger partial charge in [-0.3, -0.25) is 4.90 Å². The molecule has 1 fully saturated rings. The molecule has 0 bridgehead atoms. The number of likely N-dealkylation sites (tertiary alicyclic amines) is 1. The molecule has 11 nitrogen and oxygen atoms in total. The first kappa shape index (κ1) is 30.2. The lowest BCUT2D eigenvalue weighted by molar-refractivity contribution is -0.194. The molecule has 1 aliphatic heterocycles. The quantitative estimate of drug-likeness (QED) is 0.250. The molecule has 4 atom stereocenters. The molecule has 40 heavy (non-hydrogen) atoms. The SMILES string of the molecule is CNC[C@@H](O)COc1ccc(Cl)c(-c2nc(N[C@H]3CCN(C(O)OC)[C@@H](C)C3)c(C)c(-c3c(C)noc3C)n2)c1. The average molecular weight is 575 g/mol. The summed E-state index contributed by atoms with van der Waals surface area (Å²) in [6.45, 7) is 9.01. The van der Waals surface area contributed by atoms with Gasteiger partial charge in [-0.2, -0.15) is 0 Å². The number of hydrogen-bond donors (Lipinski definition) is 4. The van der Waals surface area contributed by atoms with Crippen LogP contribution in [0.4, 0.5) is 5.82 Å². The highest BCUT2D eigenvalue weighted by Gasteiger charge is 2.31. The summed E-state index contributed by atoms with van der Waals surface area (Å²) < 4.78 is 16.4. The number of nitrogens with zero attached hydrogens (tertiary/aromatic N) is 4. The molecule has 1 aromatic carbocycles. The van der Waals surface area contributed by atoms with Gasteiger partial charge in [0.25, 0.3) is 0 Å². The number of piperidine rings is 1. The third kappa shape index (κ3) is 6.73. The molecular weight excluding hydrogens is 536 g/mol. The molecule has 1 aliphatic rings. The molecule has 218 valence electrons. The molecule has 0 radical (unpaired) electrons. The highest BCUT2D eigenvalue weighted by molar-refractivity contribution is 6.33. The van der Waals surface area contributed by atoms with Crippen LogP contribution in [-0.4, -0.2) is 88.7 Å². The van der Waals surface area contributed by atoms with E-state index in [1.165, 1.54) is 7.11 Å². The topological polar surface area (TPSA) is 138 Å². The van der Waals surface area contributed by atoms with Crippen LogP contribution in [0, 0.1) is 20.8 Å². The molecule has 0 amide bonds. The van der Waals surface area contributed by atoms with E-state index >= 15 is 0 Å². The van der Waals surface area contributed by atoms with Gasteiger partial charge in [-0.15, -0.1) is 0 Å². The molecule has 3 heterocycles. The zero-order chi connectivity index (χ0) is 29.0. The van der Waals surface area contributed by atoms with Crippen molar-refractivity contribution in [1.29, 1.82) is 0 Å². The lowest BCUT2D eigenvalue weighted by atomic mass is 9.98. The van der Waals surface area contributed by atoms with E-state index in [2.05, 4.69) is 22.7 Å². The Kier molecular flexibility index (Phi) is 9.99. The Hall–Kier alpha value is -2.80. The molecule has 0 aliphatic carbocycles. The van der Waals surface area contributed by atoms with Crippen molar-refractivity contribution in [3.63, 3.8) is 0 Å². The largest absolute Gasteiger partial charge is 0.491 e. The second-order valence-electron chi connectivity index (χ2n) is 10.2. The van der Waals surface area contributed by atoms with E-state index in [0.717, 1.165) is 29.7 Å². The Bertz CT molecular complexity index is 1280. The van der Waals surface area contributed by atoms with Crippen LogP contribution >= 0.6 is 11.6 Å². The summed E-state index contributed by atoms with van der Waals surface area (Å²) in [5.74, 6) is 2.32. The summed E-state index contributed by atoms with van der Waals surface area (Å²) in [6.07, 6.45) is 0.00761. The van der Waals surface area contributed by atoms with Gasteiger partial charge >= 0.3 is 0 Å². The van der Waals surface area contributed by atoms with Gasteiger partial charge in [0.15, 0.2) is 5.82 Å².